The van der Waals surface area contributed by atoms with Crippen molar-refractivity contribution in [2.75, 3.05) is 7.05 Å². The Bertz CT molecular complexity index is 2740. The van der Waals surface area contributed by atoms with E-state index in [4.69, 9.17) is 15.0 Å². The molecule has 0 radical (unpaired) electrons. The number of hydrogen-bond acceptors (Lipinski definition) is 3. The van der Waals surface area contributed by atoms with Crippen molar-refractivity contribution in [3.8, 4) is 44.8 Å². The van der Waals surface area contributed by atoms with Crippen LogP contribution in [0.5, 0.6) is 0 Å². The second-order valence-corrected chi connectivity index (χ2v) is 17.6. The van der Waals surface area contributed by atoms with E-state index in [0.717, 1.165) is 39.2 Å². The van der Waals surface area contributed by atoms with Gasteiger partial charge in [0.1, 0.15) is 0 Å². The fourth-order valence-electron chi connectivity index (χ4n) is 8.86. The van der Waals surface area contributed by atoms with Crippen LogP contribution >= 0.6 is 0 Å². The predicted molar refractivity (Wildman–Crippen MR) is 243 cm³/mol. The molecular formula is C54H48N4. The number of allylic oxidation sites excluding steroid dienone is 1. The summed E-state index contributed by atoms with van der Waals surface area (Å²) < 4.78 is 0. The van der Waals surface area contributed by atoms with E-state index in [2.05, 4.69) is 187 Å². The maximum Gasteiger partial charge on any atom is 0.159 e. The summed E-state index contributed by atoms with van der Waals surface area (Å²) in [5, 5.41) is 0. The maximum absolute atomic E-state index is 4.87. The highest BCUT2D eigenvalue weighted by atomic mass is 14.9. The third-order valence-corrected chi connectivity index (χ3v) is 12.0. The first-order chi connectivity index (χ1) is 27.9. The van der Waals surface area contributed by atoms with Crippen molar-refractivity contribution in [3.63, 3.8) is 0 Å². The number of amidine groups is 1. The molecule has 1 spiro atoms. The van der Waals surface area contributed by atoms with Crippen LogP contribution in [-0.2, 0) is 16.2 Å². The van der Waals surface area contributed by atoms with Crippen LogP contribution in [0.4, 0.5) is 0 Å². The fourth-order valence-corrected chi connectivity index (χ4v) is 8.86. The average Bonchev–Trinajstić information content (AvgIpc) is 3.70. The topological polar surface area (TPSA) is 50.5 Å². The van der Waals surface area contributed by atoms with Gasteiger partial charge >= 0.3 is 0 Å². The molecule has 0 saturated carbocycles. The van der Waals surface area contributed by atoms with Crippen molar-refractivity contribution < 1.29 is 0 Å². The molecule has 4 heteroatoms. The van der Waals surface area contributed by atoms with Gasteiger partial charge in [-0.15, -0.1) is 0 Å². The van der Waals surface area contributed by atoms with Crippen LogP contribution in [0.3, 0.4) is 0 Å². The molecular weight excluding hydrogens is 705 g/mol. The monoisotopic (exact) mass is 752 g/mol. The lowest BCUT2D eigenvalue weighted by atomic mass is 9.70. The molecule has 58 heavy (non-hydrogen) atoms. The van der Waals surface area contributed by atoms with Crippen LogP contribution in [0, 0.1) is 0 Å². The van der Waals surface area contributed by atoms with E-state index in [0.29, 0.717) is 5.84 Å². The molecule has 0 unspecified atom stereocenters. The lowest BCUT2D eigenvalue weighted by Crippen LogP contribution is -2.26. The summed E-state index contributed by atoms with van der Waals surface area (Å²) >= 11 is 0. The molecule has 0 aliphatic heterocycles. The Morgan fingerprint density at radius 1 is 0.534 bits per heavy atom. The van der Waals surface area contributed by atoms with Gasteiger partial charge in [0.2, 0.25) is 0 Å². The minimum Gasteiger partial charge on any atom is -0.270 e. The number of aliphatic imine (C=N–C) groups is 2. The molecule has 2 aliphatic carbocycles. The van der Waals surface area contributed by atoms with E-state index in [1.54, 1.807) is 7.05 Å². The van der Waals surface area contributed by atoms with Gasteiger partial charge < -0.3 is 0 Å². The lowest BCUT2D eigenvalue weighted by molar-refractivity contribution is 0.590. The van der Waals surface area contributed by atoms with Crippen LogP contribution in [0.25, 0.3) is 50.3 Å². The summed E-state index contributed by atoms with van der Waals surface area (Å²) in [6, 6.07) is 48.6. The molecule has 284 valence electrons. The number of benzene rings is 6. The molecule has 0 N–H and O–H groups in total. The van der Waals surface area contributed by atoms with Crippen molar-refractivity contribution in [3.05, 3.63) is 197 Å². The van der Waals surface area contributed by atoms with Crippen LogP contribution < -0.4 is 0 Å². The molecule has 0 bridgehead atoms. The number of nitrogens with zero attached hydrogens (tertiary/aromatic N) is 4. The van der Waals surface area contributed by atoms with Gasteiger partial charge in [-0.3, -0.25) is 4.99 Å². The molecule has 6 aromatic carbocycles. The quantitative estimate of drug-likeness (QED) is 0.130. The predicted octanol–water partition coefficient (Wildman–Crippen LogP) is 12.9. The second-order valence-electron chi connectivity index (χ2n) is 17.6. The van der Waals surface area contributed by atoms with E-state index >= 15 is 0 Å². The summed E-state index contributed by atoms with van der Waals surface area (Å²) in [6.07, 6.45) is 5.77. The Morgan fingerprint density at radius 2 is 1.02 bits per heavy atom. The third kappa shape index (κ3) is 6.06. The van der Waals surface area contributed by atoms with Gasteiger partial charge in [0.15, 0.2) is 11.7 Å². The zero-order valence-corrected chi connectivity index (χ0v) is 34.4. The molecule has 0 fully saturated rings. The Kier molecular flexibility index (Phi) is 8.85. The number of hydrogen-bond donors (Lipinski definition) is 0. The molecule has 0 amide bonds. The van der Waals surface area contributed by atoms with Gasteiger partial charge in [-0.25, -0.2) is 15.0 Å². The average molecular weight is 753 g/mol. The standard InChI is InChI=1S/C54H48N4/c1-34(31-56-50(55-8)35-17-23-40(24-18-35)52(2,3)4)37-21-27-44-45-28-22-38(39-32-57-51(58-33-39)36-19-25-41(26-20-36)53(5,6)7)30-49(45)54(48(44)29-37)46-15-11-9-13-42(46)43-14-10-12-16-47(43)54/h9-33H,1H2,2-8H3. The Hall–Kier alpha value is -6.52. The molecule has 0 saturated heterocycles. The highest BCUT2D eigenvalue weighted by Crippen LogP contribution is 2.63. The Morgan fingerprint density at radius 3 is 1.59 bits per heavy atom. The van der Waals surface area contributed by atoms with E-state index in [-0.39, 0.29) is 10.8 Å². The summed E-state index contributed by atoms with van der Waals surface area (Å²) in [5.41, 5.74) is 18.2. The van der Waals surface area contributed by atoms with Gasteiger partial charge in [-0.05, 0) is 95.3 Å². The van der Waals surface area contributed by atoms with Gasteiger partial charge in [0, 0.05) is 42.3 Å². The zero-order valence-electron chi connectivity index (χ0n) is 34.4. The number of aromatic nitrogens is 2. The molecule has 9 rings (SSSR count). The van der Waals surface area contributed by atoms with Crippen LogP contribution in [0.2, 0.25) is 0 Å². The smallest absolute Gasteiger partial charge is 0.159 e. The summed E-state index contributed by atoms with van der Waals surface area (Å²) in [6.45, 7) is 17.9. The molecule has 1 aromatic heterocycles. The van der Waals surface area contributed by atoms with Crippen molar-refractivity contribution in [1.82, 2.24) is 9.97 Å². The first-order valence-corrected chi connectivity index (χ1v) is 20.1. The van der Waals surface area contributed by atoms with Gasteiger partial charge in [0.25, 0.3) is 0 Å². The largest absolute Gasteiger partial charge is 0.270 e. The summed E-state index contributed by atoms with van der Waals surface area (Å²) in [4.78, 5) is 19.2. The molecule has 2 aliphatic rings. The minimum absolute atomic E-state index is 0.0753. The molecule has 7 aromatic rings. The third-order valence-electron chi connectivity index (χ3n) is 12.0. The van der Waals surface area contributed by atoms with Crippen molar-refractivity contribution >= 4 is 17.6 Å². The SMILES string of the molecule is C=C(C=NC(=NC)c1ccc(C(C)(C)C)cc1)c1ccc2c(c1)C1(c3ccccc3-c3ccccc31)c1cc(-c3cnc(-c4ccc(C(C)(C)C)cc4)nc3)ccc1-2. The summed E-state index contributed by atoms with van der Waals surface area (Å²) in [5.74, 6) is 1.40. The van der Waals surface area contributed by atoms with Crippen LogP contribution in [-0.4, -0.2) is 29.1 Å². The van der Waals surface area contributed by atoms with E-state index in [1.807, 2.05) is 18.6 Å². The van der Waals surface area contributed by atoms with Gasteiger partial charge in [-0.2, -0.15) is 0 Å². The maximum atomic E-state index is 4.87. The Labute approximate surface area is 342 Å². The lowest BCUT2D eigenvalue weighted by Gasteiger charge is -2.31. The number of fused-ring (bicyclic) bond motifs is 10. The zero-order chi connectivity index (χ0) is 40.4. The summed E-state index contributed by atoms with van der Waals surface area (Å²) in [7, 11) is 1.79. The van der Waals surface area contributed by atoms with E-state index < -0.39 is 5.41 Å². The van der Waals surface area contributed by atoms with Crippen LogP contribution in [0.15, 0.2) is 162 Å². The first kappa shape index (κ1) is 37.1. The molecule has 1 heterocycles. The minimum atomic E-state index is -0.526. The normalized spacial score (nSPS) is 14.0. The van der Waals surface area contributed by atoms with Crippen molar-refractivity contribution in [2.45, 2.75) is 57.8 Å². The molecule has 0 atom stereocenters. The highest BCUT2D eigenvalue weighted by molar-refractivity contribution is 6.15. The second kappa shape index (κ2) is 13.8. The van der Waals surface area contributed by atoms with Crippen molar-refractivity contribution in [2.24, 2.45) is 9.98 Å². The van der Waals surface area contributed by atoms with Gasteiger partial charge in [-0.1, -0.05) is 169 Å². The number of rotatable bonds is 5. The fraction of sp³-hybridized carbons (Fsp3) is 0.185. The van der Waals surface area contributed by atoms with Gasteiger partial charge in [0.05, 0.1) is 5.41 Å². The van der Waals surface area contributed by atoms with Crippen molar-refractivity contribution in [1.29, 1.82) is 0 Å². The molecule has 4 nitrogen and oxygen atoms in total. The van der Waals surface area contributed by atoms with E-state index in [9.17, 15) is 0 Å². The Balaban J connectivity index is 1.12. The first-order valence-electron chi connectivity index (χ1n) is 20.1. The van der Waals surface area contributed by atoms with E-state index in [1.165, 1.54) is 55.6 Å². The highest BCUT2D eigenvalue weighted by Gasteiger charge is 2.51. The van der Waals surface area contributed by atoms with Crippen LogP contribution in [0.1, 0.15) is 86.1 Å².